The predicted molar refractivity (Wildman–Crippen MR) is 54.8 cm³/mol. The monoisotopic (exact) mass is 202 g/mol. The summed E-state index contributed by atoms with van der Waals surface area (Å²) in [5.41, 5.74) is 0. The molecule has 1 saturated carbocycles. The molecule has 0 aliphatic heterocycles. The van der Waals surface area contributed by atoms with Gasteiger partial charge in [0.25, 0.3) is 0 Å². The van der Waals surface area contributed by atoms with Gasteiger partial charge in [0.15, 0.2) is 5.79 Å². The summed E-state index contributed by atoms with van der Waals surface area (Å²) in [5, 5.41) is 19.1. The fraction of sp³-hybridized carbons (Fsp3) is 1.00. The molecule has 0 amide bonds. The maximum atomic E-state index is 9.55. The smallest absolute Gasteiger partial charge is 0.189 e. The second-order valence-electron chi connectivity index (χ2n) is 4.60. The number of hydrogen-bond donors (Lipinski definition) is 2. The first kappa shape index (κ1) is 12.0. The SMILES string of the molecule is CC(C)C(O)(O)COC1CCCCC1. The van der Waals surface area contributed by atoms with Gasteiger partial charge in [-0.1, -0.05) is 33.1 Å². The van der Waals surface area contributed by atoms with Crippen LogP contribution in [-0.2, 0) is 4.74 Å². The van der Waals surface area contributed by atoms with E-state index in [9.17, 15) is 10.2 Å². The largest absolute Gasteiger partial charge is 0.373 e. The first-order valence-corrected chi connectivity index (χ1v) is 5.59. The minimum atomic E-state index is -1.67. The molecule has 2 N–H and O–H groups in total. The molecule has 0 unspecified atom stereocenters. The van der Waals surface area contributed by atoms with Gasteiger partial charge >= 0.3 is 0 Å². The number of hydrogen-bond acceptors (Lipinski definition) is 3. The van der Waals surface area contributed by atoms with Crippen LogP contribution in [-0.4, -0.2) is 28.7 Å². The van der Waals surface area contributed by atoms with Gasteiger partial charge in [0.05, 0.1) is 6.10 Å². The Labute approximate surface area is 86.1 Å². The van der Waals surface area contributed by atoms with E-state index >= 15 is 0 Å². The van der Waals surface area contributed by atoms with Crippen LogP contribution in [0.15, 0.2) is 0 Å². The van der Waals surface area contributed by atoms with Crippen molar-refractivity contribution in [2.45, 2.75) is 57.8 Å². The molecule has 0 atom stereocenters. The van der Waals surface area contributed by atoms with E-state index in [1.54, 1.807) is 13.8 Å². The minimum absolute atomic E-state index is 0.0370. The summed E-state index contributed by atoms with van der Waals surface area (Å²) >= 11 is 0. The molecule has 14 heavy (non-hydrogen) atoms. The highest BCUT2D eigenvalue weighted by Gasteiger charge is 2.29. The normalized spacial score (nSPS) is 20.4. The van der Waals surface area contributed by atoms with Crippen LogP contribution in [0.2, 0.25) is 0 Å². The fourth-order valence-electron chi connectivity index (χ4n) is 1.64. The van der Waals surface area contributed by atoms with Crippen LogP contribution in [0.5, 0.6) is 0 Å². The Kier molecular flexibility index (Phi) is 4.35. The third-order valence-electron chi connectivity index (χ3n) is 3.01. The van der Waals surface area contributed by atoms with Crippen LogP contribution < -0.4 is 0 Å². The van der Waals surface area contributed by atoms with Gasteiger partial charge in [0, 0.05) is 5.92 Å². The summed E-state index contributed by atoms with van der Waals surface area (Å²) in [5.74, 6) is -1.86. The molecule has 0 saturated heterocycles. The van der Waals surface area contributed by atoms with E-state index < -0.39 is 5.79 Å². The van der Waals surface area contributed by atoms with Gasteiger partial charge in [-0.05, 0) is 12.8 Å². The highest BCUT2D eigenvalue weighted by Crippen LogP contribution is 2.22. The maximum Gasteiger partial charge on any atom is 0.189 e. The zero-order valence-electron chi connectivity index (χ0n) is 9.20. The van der Waals surface area contributed by atoms with E-state index in [-0.39, 0.29) is 18.6 Å². The van der Waals surface area contributed by atoms with Gasteiger partial charge in [0.1, 0.15) is 6.61 Å². The van der Waals surface area contributed by atoms with Crippen molar-refractivity contribution in [3.8, 4) is 0 Å². The van der Waals surface area contributed by atoms with Crippen LogP contribution in [0.25, 0.3) is 0 Å². The van der Waals surface area contributed by atoms with E-state index in [1.165, 1.54) is 19.3 Å². The molecule has 1 fully saturated rings. The Morgan fingerprint density at radius 1 is 1.21 bits per heavy atom. The summed E-state index contributed by atoms with van der Waals surface area (Å²) in [7, 11) is 0. The van der Waals surface area contributed by atoms with Crippen molar-refractivity contribution in [2.75, 3.05) is 6.61 Å². The molecule has 84 valence electrons. The molecule has 0 aromatic carbocycles. The van der Waals surface area contributed by atoms with Gasteiger partial charge < -0.3 is 14.9 Å². The van der Waals surface area contributed by atoms with E-state index in [0.717, 1.165) is 12.8 Å². The maximum absolute atomic E-state index is 9.55. The molecule has 3 nitrogen and oxygen atoms in total. The number of ether oxygens (including phenoxy) is 1. The Bertz CT molecular complexity index is 160. The van der Waals surface area contributed by atoms with Gasteiger partial charge in [-0.2, -0.15) is 0 Å². The molecule has 0 aromatic heterocycles. The van der Waals surface area contributed by atoms with Crippen molar-refractivity contribution in [3.05, 3.63) is 0 Å². The standard InChI is InChI=1S/C11H22O3/c1-9(2)11(12,13)8-14-10-6-4-3-5-7-10/h9-10,12-13H,3-8H2,1-2H3. The molecule has 0 heterocycles. The molecule has 3 heteroatoms. The highest BCUT2D eigenvalue weighted by molar-refractivity contribution is 4.71. The van der Waals surface area contributed by atoms with E-state index in [0.29, 0.717) is 0 Å². The predicted octanol–water partition coefficient (Wildman–Crippen LogP) is 1.67. The minimum Gasteiger partial charge on any atom is -0.373 e. The molecule has 1 aliphatic carbocycles. The van der Waals surface area contributed by atoms with Gasteiger partial charge in [0.2, 0.25) is 0 Å². The first-order chi connectivity index (χ1) is 6.52. The molecular weight excluding hydrogens is 180 g/mol. The average Bonchev–Trinajstić information content (AvgIpc) is 2.16. The third kappa shape index (κ3) is 3.56. The summed E-state index contributed by atoms with van der Waals surface area (Å²) in [4.78, 5) is 0. The van der Waals surface area contributed by atoms with Crippen molar-refractivity contribution < 1.29 is 14.9 Å². The topological polar surface area (TPSA) is 49.7 Å². The lowest BCUT2D eigenvalue weighted by atomic mass is 9.97. The van der Waals surface area contributed by atoms with Gasteiger partial charge in [-0.25, -0.2) is 0 Å². The molecule has 0 spiro atoms. The Morgan fingerprint density at radius 3 is 2.29 bits per heavy atom. The Balaban J connectivity index is 2.24. The third-order valence-corrected chi connectivity index (χ3v) is 3.01. The molecule has 0 bridgehead atoms. The van der Waals surface area contributed by atoms with Crippen LogP contribution in [0.3, 0.4) is 0 Å². The van der Waals surface area contributed by atoms with Crippen LogP contribution in [0, 0.1) is 5.92 Å². The average molecular weight is 202 g/mol. The first-order valence-electron chi connectivity index (χ1n) is 5.59. The second kappa shape index (κ2) is 5.10. The Hall–Kier alpha value is -0.120. The number of aliphatic hydroxyl groups is 2. The Morgan fingerprint density at radius 2 is 1.79 bits per heavy atom. The summed E-state index contributed by atoms with van der Waals surface area (Å²) in [6, 6.07) is 0. The lowest BCUT2D eigenvalue weighted by molar-refractivity contribution is -0.233. The van der Waals surface area contributed by atoms with E-state index in [2.05, 4.69) is 0 Å². The van der Waals surface area contributed by atoms with Gasteiger partial charge in [-0.15, -0.1) is 0 Å². The lowest BCUT2D eigenvalue weighted by Gasteiger charge is -2.29. The highest BCUT2D eigenvalue weighted by atomic mass is 16.6. The summed E-state index contributed by atoms with van der Waals surface area (Å²) in [6.07, 6.45) is 6.06. The molecule has 0 radical (unpaired) electrons. The quantitative estimate of drug-likeness (QED) is 0.682. The number of rotatable bonds is 4. The van der Waals surface area contributed by atoms with Crippen molar-refractivity contribution in [1.82, 2.24) is 0 Å². The zero-order valence-corrected chi connectivity index (χ0v) is 9.20. The summed E-state index contributed by atoms with van der Waals surface area (Å²) < 4.78 is 5.51. The second-order valence-corrected chi connectivity index (χ2v) is 4.60. The van der Waals surface area contributed by atoms with Crippen molar-refractivity contribution in [3.63, 3.8) is 0 Å². The lowest BCUT2D eigenvalue weighted by Crippen LogP contribution is -2.41. The van der Waals surface area contributed by atoms with Crippen molar-refractivity contribution >= 4 is 0 Å². The van der Waals surface area contributed by atoms with Crippen molar-refractivity contribution in [2.24, 2.45) is 5.92 Å². The fourth-order valence-corrected chi connectivity index (χ4v) is 1.64. The molecule has 1 aliphatic rings. The van der Waals surface area contributed by atoms with E-state index in [4.69, 9.17) is 4.74 Å². The van der Waals surface area contributed by atoms with Gasteiger partial charge in [-0.3, -0.25) is 0 Å². The van der Waals surface area contributed by atoms with Crippen LogP contribution >= 0.6 is 0 Å². The summed E-state index contributed by atoms with van der Waals surface area (Å²) in [6.45, 7) is 3.60. The molecule has 0 aromatic rings. The zero-order chi connectivity index (χ0) is 10.6. The van der Waals surface area contributed by atoms with Crippen LogP contribution in [0.1, 0.15) is 46.0 Å². The van der Waals surface area contributed by atoms with Crippen molar-refractivity contribution in [1.29, 1.82) is 0 Å². The van der Waals surface area contributed by atoms with Crippen LogP contribution in [0.4, 0.5) is 0 Å². The van der Waals surface area contributed by atoms with E-state index in [1.807, 2.05) is 0 Å². The molecule has 1 rings (SSSR count). The molecular formula is C11H22O3.